The van der Waals surface area contributed by atoms with Crippen LogP contribution in [0.5, 0.6) is 0 Å². The number of hydrogen-bond acceptors (Lipinski definition) is 14. The molecule has 0 radical (unpaired) electrons. The van der Waals surface area contributed by atoms with Crippen molar-refractivity contribution in [3.8, 4) is 0 Å². The van der Waals surface area contributed by atoms with E-state index in [1.54, 1.807) is 41.7 Å². The molecule has 0 aliphatic rings. The Morgan fingerprint density at radius 2 is 1.26 bits per heavy atom. The van der Waals surface area contributed by atoms with Gasteiger partial charge in [-0.25, -0.2) is 0 Å². The van der Waals surface area contributed by atoms with Gasteiger partial charge >= 0.3 is 17.9 Å². The fourth-order valence-corrected chi connectivity index (χ4v) is 5.23. The predicted molar refractivity (Wildman–Crippen MR) is 207 cm³/mol. The van der Waals surface area contributed by atoms with Crippen molar-refractivity contribution in [2.45, 2.75) is 80.8 Å². The highest BCUT2D eigenvalue weighted by Gasteiger charge is 2.03. The molecule has 0 aliphatic heterocycles. The fourth-order valence-electron chi connectivity index (χ4n) is 3.33. The molecule has 6 heterocycles. The SMILES string of the molecule is Cc1ccc(C)nc1.Cc1ccn(CC(=O)O)n1.Cc1ccn(CCC(=O)O)n1.Cc1cnccn1.Cc1nnc(Br)s1.Cc1nnc(CCC(=O)O)s1. The molecule has 0 aromatic carbocycles. The molecular weight excluding hydrogens is 802 g/mol. The molecule has 0 spiro atoms. The highest BCUT2D eigenvalue weighted by molar-refractivity contribution is 9.11. The van der Waals surface area contributed by atoms with Gasteiger partial charge in [0.05, 0.1) is 36.5 Å². The Labute approximate surface area is 329 Å². The minimum atomic E-state index is -0.872. The second-order valence-electron chi connectivity index (χ2n) is 10.9. The van der Waals surface area contributed by atoms with Crippen molar-refractivity contribution < 1.29 is 29.7 Å². The van der Waals surface area contributed by atoms with Gasteiger partial charge in [0.15, 0.2) is 3.92 Å². The summed E-state index contributed by atoms with van der Waals surface area (Å²) in [4.78, 5) is 42.2. The van der Waals surface area contributed by atoms with Crippen molar-refractivity contribution in [2.24, 2.45) is 0 Å². The van der Waals surface area contributed by atoms with E-state index in [9.17, 15) is 14.4 Å². The molecular formula is C34H44BrN11O6S2. The number of aromatic nitrogens is 11. The Morgan fingerprint density at radius 1 is 0.648 bits per heavy atom. The number of hydrogen-bond donors (Lipinski definition) is 3. The first kappa shape index (κ1) is 46.7. The summed E-state index contributed by atoms with van der Waals surface area (Å²) in [6.45, 7) is 13.8. The number of pyridine rings is 1. The number of carboxylic acid groups (broad SMARTS) is 3. The zero-order valence-electron chi connectivity index (χ0n) is 31.0. The zero-order valence-corrected chi connectivity index (χ0v) is 34.2. The number of halogens is 1. The van der Waals surface area contributed by atoms with Gasteiger partial charge in [0, 0.05) is 49.3 Å². The molecule has 290 valence electrons. The molecule has 6 aromatic rings. The van der Waals surface area contributed by atoms with Gasteiger partial charge in [0.25, 0.3) is 0 Å². The third-order valence-electron chi connectivity index (χ3n) is 5.77. The second kappa shape index (κ2) is 26.4. The van der Waals surface area contributed by atoms with E-state index in [4.69, 9.17) is 15.3 Å². The van der Waals surface area contributed by atoms with Crippen molar-refractivity contribution in [1.82, 2.24) is 54.9 Å². The van der Waals surface area contributed by atoms with Crippen LogP contribution in [0.2, 0.25) is 0 Å². The summed E-state index contributed by atoms with van der Waals surface area (Å²) in [7, 11) is 0. The molecule has 0 saturated carbocycles. The number of carboxylic acids is 3. The van der Waals surface area contributed by atoms with Crippen molar-refractivity contribution in [2.75, 3.05) is 0 Å². The molecule has 54 heavy (non-hydrogen) atoms. The molecule has 0 aliphatic carbocycles. The van der Waals surface area contributed by atoms with Crippen LogP contribution in [0, 0.1) is 48.5 Å². The van der Waals surface area contributed by atoms with Crippen LogP contribution in [0.4, 0.5) is 0 Å². The van der Waals surface area contributed by atoms with E-state index in [0.717, 1.165) is 41.7 Å². The lowest BCUT2D eigenvalue weighted by atomic mass is 10.3. The van der Waals surface area contributed by atoms with Crippen molar-refractivity contribution in [1.29, 1.82) is 0 Å². The van der Waals surface area contributed by atoms with Crippen LogP contribution in [-0.2, 0) is 33.9 Å². The lowest BCUT2D eigenvalue weighted by Crippen LogP contribution is -2.08. The number of rotatable bonds is 8. The predicted octanol–water partition coefficient (Wildman–Crippen LogP) is 5.90. The molecule has 0 bridgehead atoms. The van der Waals surface area contributed by atoms with Crippen LogP contribution in [-0.4, -0.2) is 88.1 Å². The van der Waals surface area contributed by atoms with Crippen LogP contribution in [0.1, 0.15) is 56.2 Å². The summed E-state index contributed by atoms with van der Waals surface area (Å²) in [6, 6.07) is 7.68. The molecule has 0 fully saturated rings. The van der Waals surface area contributed by atoms with E-state index >= 15 is 0 Å². The monoisotopic (exact) mass is 845 g/mol. The Bertz CT molecular complexity index is 1860. The summed E-state index contributed by atoms with van der Waals surface area (Å²) >= 11 is 6.16. The van der Waals surface area contributed by atoms with Crippen LogP contribution in [0.15, 0.2) is 65.4 Å². The summed E-state index contributed by atoms with van der Waals surface area (Å²) in [5.41, 5.74) is 5.00. The average molecular weight is 847 g/mol. The van der Waals surface area contributed by atoms with E-state index in [0.29, 0.717) is 13.0 Å². The highest BCUT2D eigenvalue weighted by atomic mass is 79.9. The van der Waals surface area contributed by atoms with Crippen LogP contribution < -0.4 is 0 Å². The third kappa shape index (κ3) is 24.8. The van der Waals surface area contributed by atoms with Crippen molar-refractivity contribution in [3.63, 3.8) is 0 Å². The quantitative estimate of drug-likeness (QED) is 0.162. The second-order valence-corrected chi connectivity index (χ2v) is 14.6. The third-order valence-corrected chi connectivity index (χ3v) is 7.94. The van der Waals surface area contributed by atoms with Gasteiger partial charge in [-0.1, -0.05) is 17.4 Å². The number of nitrogens with zero attached hydrogens (tertiary/aromatic N) is 11. The molecule has 0 saturated heterocycles. The van der Waals surface area contributed by atoms with Crippen LogP contribution >= 0.6 is 38.6 Å². The number of aryl methyl sites for hydroxylation is 9. The van der Waals surface area contributed by atoms with E-state index in [-0.39, 0.29) is 19.4 Å². The first-order chi connectivity index (χ1) is 25.5. The van der Waals surface area contributed by atoms with Gasteiger partial charge in [-0.3, -0.25) is 38.7 Å². The highest BCUT2D eigenvalue weighted by Crippen LogP contribution is 2.13. The van der Waals surface area contributed by atoms with Gasteiger partial charge < -0.3 is 15.3 Å². The first-order valence-corrected chi connectivity index (χ1v) is 18.5. The molecule has 6 rings (SSSR count). The van der Waals surface area contributed by atoms with E-state index in [1.807, 2.05) is 66.8 Å². The van der Waals surface area contributed by atoms with Crippen LogP contribution in [0.25, 0.3) is 0 Å². The lowest BCUT2D eigenvalue weighted by Gasteiger charge is -1.95. The van der Waals surface area contributed by atoms with Crippen molar-refractivity contribution in [3.05, 3.63) is 109 Å². The van der Waals surface area contributed by atoms with Gasteiger partial charge in [-0.2, -0.15) is 10.2 Å². The topological polar surface area (TPSA) is 238 Å². The van der Waals surface area contributed by atoms with E-state index in [1.165, 1.54) is 32.9 Å². The maximum atomic E-state index is 10.1. The van der Waals surface area contributed by atoms with Gasteiger partial charge in [-0.05, 0) is 88.2 Å². The first-order valence-electron chi connectivity index (χ1n) is 16.0. The summed E-state index contributed by atoms with van der Waals surface area (Å²) in [5, 5.41) is 50.6. The largest absolute Gasteiger partial charge is 0.481 e. The van der Waals surface area contributed by atoms with Gasteiger partial charge in [0.1, 0.15) is 21.6 Å². The minimum Gasteiger partial charge on any atom is -0.481 e. The summed E-state index contributed by atoms with van der Waals surface area (Å²) < 4.78 is 3.87. The Balaban J connectivity index is 0.000000327. The summed E-state index contributed by atoms with van der Waals surface area (Å²) in [5.74, 6) is -2.46. The normalized spacial score (nSPS) is 9.56. The molecule has 20 heteroatoms. The lowest BCUT2D eigenvalue weighted by molar-refractivity contribution is -0.138. The van der Waals surface area contributed by atoms with Gasteiger partial charge in [-0.15, -0.1) is 31.7 Å². The summed E-state index contributed by atoms with van der Waals surface area (Å²) in [6.07, 6.45) is 11.1. The number of carbonyl (C=O) groups is 3. The maximum Gasteiger partial charge on any atom is 0.325 e. The van der Waals surface area contributed by atoms with E-state index < -0.39 is 17.9 Å². The average Bonchev–Trinajstić information content (AvgIpc) is 3.92. The maximum absolute atomic E-state index is 10.1. The Morgan fingerprint density at radius 3 is 1.61 bits per heavy atom. The van der Waals surface area contributed by atoms with Crippen molar-refractivity contribution >= 4 is 56.5 Å². The molecule has 17 nitrogen and oxygen atoms in total. The Kier molecular flexibility index (Phi) is 22.8. The fraction of sp³-hybridized carbons (Fsp3) is 0.353. The molecule has 6 aromatic heterocycles. The molecule has 0 amide bonds. The zero-order chi connectivity index (χ0) is 40.5. The van der Waals surface area contributed by atoms with E-state index in [2.05, 4.69) is 67.5 Å². The molecule has 3 N–H and O–H groups in total. The minimum absolute atomic E-state index is 0.0617. The number of aliphatic carboxylic acids is 3. The molecule has 0 unspecified atom stereocenters. The molecule has 0 atom stereocenters. The Hall–Kier alpha value is -5.34. The smallest absolute Gasteiger partial charge is 0.325 e. The van der Waals surface area contributed by atoms with Crippen LogP contribution in [0.3, 0.4) is 0 Å². The standard InChI is InChI=1S/C7H10N2O2.C7H9N.C6H8N2O2S.C6H8N2O2.C5H6N2.C3H3BrN2S/c1-6-2-4-9(8-6)5-3-7(10)11;1-6-3-4-7(2)8-5-6;1-4-7-8-5(11-4)2-3-6(9)10;1-5-2-3-8(7-5)4-6(9)10;1-5-4-6-2-3-7-5;1-2-5-6-3(4)7-2/h2,4H,3,5H2,1H3,(H,10,11);3-5H,1-2H3;2-3H2,1H3,(H,9,10);2-3H,4H2,1H3,(H,9,10);2-4H,1H3;1H3. The van der Waals surface area contributed by atoms with Gasteiger partial charge in [0.2, 0.25) is 0 Å².